The van der Waals surface area contributed by atoms with E-state index in [1.165, 1.54) is 24.3 Å². The molecular formula is C21H19F4N2+. The van der Waals surface area contributed by atoms with Crippen molar-refractivity contribution in [3.63, 3.8) is 0 Å². The molecule has 2 heterocycles. The predicted molar refractivity (Wildman–Crippen MR) is 94.3 cm³/mol. The number of rotatable bonds is 2. The number of alkyl halides is 3. The van der Waals surface area contributed by atoms with Gasteiger partial charge in [0.05, 0.1) is 12.1 Å². The first-order chi connectivity index (χ1) is 12.9. The van der Waals surface area contributed by atoms with Crippen LogP contribution in [0.2, 0.25) is 0 Å². The van der Waals surface area contributed by atoms with Gasteiger partial charge < -0.3 is 0 Å². The van der Waals surface area contributed by atoms with Gasteiger partial charge in [-0.1, -0.05) is 6.07 Å². The van der Waals surface area contributed by atoms with E-state index in [0.717, 1.165) is 55.4 Å². The van der Waals surface area contributed by atoms with Gasteiger partial charge in [0.15, 0.2) is 6.54 Å². The summed E-state index contributed by atoms with van der Waals surface area (Å²) in [7, 11) is 0. The van der Waals surface area contributed by atoms with Crippen LogP contribution in [0.15, 0.2) is 54.6 Å². The number of aromatic nitrogens is 2. The van der Waals surface area contributed by atoms with E-state index in [0.29, 0.717) is 5.56 Å². The van der Waals surface area contributed by atoms with Crippen LogP contribution >= 0.6 is 0 Å². The molecule has 1 aromatic heterocycles. The van der Waals surface area contributed by atoms with Crippen LogP contribution in [-0.2, 0) is 19.3 Å². The van der Waals surface area contributed by atoms with Gasteiger partial charge >= 0.3 is 6.18 Å². The highest BCUT2D eigenvalue weighted by Gasteiger charge is 2.32. The van der Waals surface area contributed by atoms with Crippen molar-refractivity contribution in [3.05, 3.63) is 66.0 Å². The maximum atomic E-state index is 13.3. The van der Waals surface area contributed by atoms with Gasteiger partial charge in [-0.15, -0.1) is 4.68 Å². The van der Waals surface area contributed by atoms with Crippen molar-refractivity contribution in [2.75, 3.05) is 0 Å². The van der Waals surface area contributed by atoms with Gasteiger partial charge in [0.25, 0.3) is 0 Å². The molecule has 1 aliphatic heterocycles. The molecule has 2 nitrogen and oxygen atoms in total. The topological polar surface area (TPSA) is 8.81 Å². The number of nitrogens with zero attached hydrogens (tertiary/aromatic N) is 2. The monoisotopic (exact) mass is 375 g/mol. The van der Waals surface area contributed by atoms with E-state index < -0.39 is 11.7 Å². The standard InChI is InChI=1S/C21H19F4N2/c22-18-9-7-15(8-10-18)19-14-20(27-12-3-1-2-11-26(19)27)16-5-4-6-17(13-16)21(23,24)25/h4-10,13-14H,1-3,11-12H2/q+1. The minimum atomic E-state index is -4.38. The Kier molecular flexibility index (Phi) is 4.50. The summed E-state index contributed by atoms with van der Waals surface area (Å²) in [6.07, 6.45) is -1.33. The highest BCUT2D eigenvalue weighted by atomic mass is 19.4. The Morgan fingerprint density at radius 3 is 2.37 bits per heavy atom. The zero-order valence-corrected chi connectivity index (χ0v) is 14.6. The predicted octanol–water partition coefficient (Wildman–Crippen LogP) is 5.45. The third-order valence-corrected chi connectivity index (χ3v) is 4.99. The average Bonchev–Trinajstić information content (AvgIpc) is 2.83. The molecule has 0 spiro atoms. The van der Waals surface area contributed by atoms with Gasteiger partial charge in [-0.3, -0.25) is 0 Å². The van der Waals surface area contributed by atoms with Crippen LogP contribution < -0.4 is 4.68 Å². The lowest BCUT2D eigenvalue weighted by molar-refractivity contribution is -0.763. The van der Waals surface area contributed by atoms with Gasteiger partial charge in [0.2, 0.25) is 5.69 Å². The van der Waals surface area contributed by atoms with Crippen molar-refractivity contribution in [2.45, 2.75) is 38.5 Å². The molecule has 1 aliphatic rings. The number of benzene rings is 2. The smallest absolute Gasteiger partial charge is 0.207 e. The van der Waals surface area contributed by atoms with Gasteiger partial charge in [0, 0.05) is 23.6 Å². The second-order valence-corrected chi connectivity index (χ2v) is 6.81. The van der Waals surface area contributed by atoms with Crippen molar-refractivity contribution in [1.29, 1.82) is 0 Å². The van der Waals surface area contributed by atoms with Crippen molar-refractivity contribution in [2.24, 2.45) is 0 Å². The summed E-state index contributed by atoms with van der Waals surface area (Å²) >= 11 is 0. The molecule has 0 saturated carbocycles. The normalized spacial score (nSPS) is 14.7. The van der Waals surface area contributed by atoms with E-state index in [4.69, 9.17) is 0 Å². The average molecular weight is 375 g/mol. The molecule has 140 valence electrons. The fourth-order valence-electron chi connectivity index (χ4n) is 3.66. The first-order valence-corrected chi connectivity index (χ1v) is 9.01. The van der Waals surface area contributed by atoms with Crippen LogP contribution in [0.4, 0.5) is 17.6 Å². The van der Waals surface area contributed by atoms with Crippen LogP contribution in [0.5, 0.6) is 0 Å². The summed E-state index contributed by atoms with van der Waals surface area (Å²) in [5.41, 5.74) is 2.38. The fourth-order valence-corrected chi connectivity index (χ4v) is 3.66. The molecule has 27 heavy (non-hydrogen) atoms. The van der Waals surface area contributed by atoms with Crippen molar-refractivity contribution >= 4 is 0 Å². The Morgan fingerprint density at radius 2 is 1.63 bits per heavy atom. The maximum Gasteiger partial charge on any atom is 0.416 e. The Bertz CT molecular complexity index is 955. The Balaban J connectivity index is 1.88. The van der Waals surface area contributed by atoms with E-state index >= 15 is 0 Å². The summed E-state index contributed by atoms with van der Waals surface area (Å²) in [6.45, 7) is 1.53. The second kappa shape index (κ2) is 6.83. The molecule has 0 unspecified atom stereocenters. The van der Waals surface area contributed by atoms with Crippen LogP contribution in [0.1, 0.15) is 24.8 Å². The first kappa shape index (κ1) is 17.8. The molecule has 4 rings (SSSR count). The Hall–Kier alpha value is -2.63. The number of hydrogen-bond acceptors (Lipinski definition) is 0. The maximum absolute atomic E-state index is 13.3. The third-order valence-electron chi connectivity index (χ3n) is 4.99. The quantitative estimate of drug-likeness (QED) is 0.416. The third kappa shape index (κ3) is 3.48. The van der Waals surface area contributed by atoms with Crippen molar-refractivity contribution < 1.29 is 22.2 Å². The van der Waals surface area contributed by atoms with E-state index in [9.17, 15) is 17.6 Å². The lowest BCUT2D eigenvalue weighted by Gasteiger charge is -2.07. The molecule has 0 amide bonds. The lowest BCUT2D eigenvalue weighted by Crippen LogP contribution is -2.44. The molecule has 3 aromatic rings. The van der Waals surface area contributed by atoms with E-state index in [2.05, 4.69) is 9.36 Å². The second-order valence-electron chi connectivity index (χ2n) is 6.81. The molecule has 2 aromatic carbocycles. The molecule has 0 radical (unpaired) electrons. The van der Waals surface area contributed by atoms with E-state index in [1.54, 1.807) is 18.2 Å². The highest BCUT2D eigenvalue weighted by molar-refractivity contribution is 5.67. The molecule has 0 bridgehead atoms. The minimum Gasteiger partial charge on any atom is -0.207 e. The molecule has 0 N–H and O–H groups in total. The summed E-state index contributed by atoms with van der Waals surface area (Å²) in [5, 5.41) is 0. The van der Waals surface area contributed by atoms with Gasteiger partial charge in [-0.05, 0) is 55.3 Å². The van der Waals surface area contributed by atoms with Crippen molar-refractivity contribution in [3.8, 4) is 22.5 Å². The van der Waals surface area contributed by atoms with Gasteiger partial charge in [-0.2, -0.15) is 17.9 Å². The van der Waals surface area contributed by atoms with Crippen LogP contribution in [0.3, 0.4) is 0 Å². The van der Waals surface area contributed by atoms with Gasteiger partial charge in [0.1, 0.15) is 11.5 Å². The zero-order valence-electron chi connectivity index (χ0n) is 14.6. The Morgan fingerprint density at radius 1 is 0.852 bits per heavy atom. The number of fused-ring (bicyclic) bond motifs is 1. The summed E-state index contributed by atoms with van der Waals surface area (Å²) in [4.78, 5) is 0. The van der Waals surface area contributed by atoms with Gasteiger partial charge in [-0.25, -0.2) is 4.39 Å². The minimum absolute atomic E-state index is 0.313. The fraction of sp³-hybridized carbons (Fsp3) is 0.286. The number of hydrogen-bond donors (Lipinski definition) is 0. The SMILES string of the molecule is Fc1ccc(-c2cc(-c3cccc(C(F)(F)F)c3)[n+]3n2CCCCC3)cc1. The first-order valence-electron chi connectivity index (χ1n) is 9.01. The van der Waals surface area contributed by atoms with Crippen LogP contribution in [-0.4, -0.2) is 4.68 Å². The largest absolute Gasteiger partial charge is 0.416 e. The zero-order chi connectivity index (χ0) is 19.0. The Labute approximate surface area is 154 Å². The van der Waals surface area contributed by atoms with Crippen molar-refractivity contribution in [1.82, 2.24) is 4.68 Å². The molecule has 0 aliphatic carbocycles. The molecule has 0 atom stereocenters. The van der Waals surface area contributed by atoms with E-state index in [-0.39, 0.29) is 5.82 Å². The molecule has 0 fully saturated rings. The molecule has 0 saturated heterocycles. The molecular weight excluding hydrogens is 356 g/mol. The van der Waals surface area contributed by atoms with Crippen LogP contribution in [0.25, 0.3) is 22.5 Å². The lowest BCUT2D eigenvalue weighted by atomic mass is 10.1. The summed E-state index contributed by atoms with van der Waals surface area (Å²) < 4.78 is 56.9. The highest BCUT2D eigenvalue weighted by Crippen LogP contribution is 2.33. The summed E-state index contributed by atoms with van der Waals surface area (Å²) in [5.74, 6) is -0.313. The van der Waals surface area contributed by atoms with E-state index in [1.807, 2.05) is 6.07 Å². The summed E-state index contributed by atoms with van der Waals surface area (Å²) in [6, 6.07) is 13.6. The molecule has 6 heteroatoms. The van der Waals surface area contributed by atoms with Crippen LogP contribution in [0, 0.1) is 5.82 Å². The number of halogens is 4.